The van der Waals surface area contributed by atoms with Gasteiger partial charge in [-0.15, -0.1) is 10.2 Å². The third-order valence-electron chi connectivity index (χ3n) is 2.30. The molecule has 0 unspecified atom stereocenters. The molecule has 0 radical (unpaired) electrons. The summed E-state index contributed by atoms with van der Waals surface area (Å²) in [4.78, 5) is 31.0. The predicted molar refractivity (Wildman–Crippen MR) is 70.3 cm³/mol. The summed E-state index contributed by atoms with van der Waals surface area (Å²) in [5.41, 5.74) is -1.74. The van der Waals surface area contributed by atoms with Crippen molar-refractivity contribution in [1.29, 1.82) is 0 Å². The summed E-state index contributed by atoms with van der Waals surface area (Å²) >= 11 is 0. The molecule has 10 nitrogen and oxygen atoms in total. The second-order valence-corrected chi connectivity index (χ2v) is 3.88. The standard InChI is InChI=1S/C11H10N4O6/c1-6(16)11(7(2)17)13-12-9-4-3-8(14(18)19)5-10(9)15(20)21/h3-5,16H,1-2H3/b11-6+,13-12?. The lowest BCUT2D eigenvalue weighted by molar-refractivity contribution is -0.393. The van der Waals surface area contributed by atoms with Crippen LogP contribution in [0.25, 0.3) is 0 Å². The zero-order chi connectivity index (χ0) is 16.2. The number of nitro groups is 2. The molecule has 0 spiro atoms. The van der Waals surface area contributed by atoms with Crippen LogP contribution in [0.4, 0.5) is 17.1 Å². The first-order valence-electron chi connectivity index (χ1n) is 5.49. The molecule has 0 bridgehead atoms. The van der Waals surface area contributed by atoms with E-state index in [1.165, 1.54) is 6.92 Å². The molecule has 110 valence electrons. The van der Waals surface area contributed by atoms with Gasteiger partial charge < -0.3 is 5.11 Å². The van der Waals surface area contributed by atoms with E-state index < -0.39 is 32.8 Å². The van der Waals surface area contributed by atoms with Gasteiger partial charge in [-0.2, -0.15) is 0 Å². The van der Waals surface area contributed by atoms with Gasteiger partial charge in [0.2, 0.25) is 0 Å². The molecule has 1 aromatic carbocycles. The Bertz CT molecular complexity index is 675. The highest BCUT2D eigenvalue weighted by molar-refractivity contribution is 5.93. The third kappa shape index (κ3) is 3.89. The van der Waals surface area contributed by atoms with Crippen molar-refractivity contribution < 1.29 is 19.7 Å². The molecule has 0 aliphatic rings. The Morgan fingerprint density at radius 2 is 1.81 bits per heavy atom. The summed E-state index contributed by atoms with van der Waals surface area (Å²) in [6, 6.07) is 2.78. The van der Waals surface area contributed by atoms with Gasteiger partial charge in [-0.1, -0.05) is 0 Å². The minimum Gasteiger partial charge on any atom is -0.510 e. The van der Waals surface area contributed by atoms with Crippen LogP contribution in [-0.4, -0.2) is 20.7 Å². The van der Waals surface area contributed by atoms with Gasteiger partial charge in [0, 0.05) is 13.0 Å². The number of carbonyl (C=O) groups excluding carboxylic acids is 1. The van der Waals surface area contributed by atoms with Crippen LogP contribution in [0.5, 0.6) is 0 Å². The summed E-state index contributed by atoms with van der Waals surface area (Å²) in [5, 5.41) is 37.6. The highest BCUT2D eigenvalue weighted by Gasteiger charge is 2.19. The Balaban J connectivity index is 3.32. The van der Waals surface area contributed by atoms with E-state index in [1.807, 2.05) is 0 Å². The molecule has 0 amide bonds. The molecule has 0 atom stereocenters. The highest BCUT2D eigenvalue weighted by Crippen LogP contribution is 2.31. The van der Waals surface area contributed by atoms with Gasteiger partial charge in [0.1, 0.15) is 5.76 Å². The van der Waals surface area contributed by atoms with Crippen molar-refractivity contribution in [1.82, 2.24) is 0 Å². The summed E-state index contributed by atoms with van der Waals surface area (Å²) < 4.78 is 0. The molecular formula is C11H10N4O6. The second kappa shape index (κ2) is 6.32. The Kier molecular flexibility index (Phi) is 4.78. The van der Waals surface area contributed by atoms with Crippen molar-refractivity contribution in [2.75, 3.05) is 0 Å². The van der Waals surface area contributed by atoms with E-state index >= 15 is 0 Å². The zero-order valence-electron chi connectivity index (χ0n) is 11.0. The molecule has 21 heavy (non-hydrogen) atoms. The number of nitro benzene ring substituents is 2. The number of carbonyl (C=O) groups is 1. The smallest absolute Gasteiger partial charge is 0.303 e. The summed E-state index contributed by atoms with van der Waals surface area (Å²) in [7, 11) is 0. The first-order valence-corrected chi connectivity index (χ1v) is 5.49. The maximum Gasteiger partial charge on any atom is 0.303 e. The summed E-state index contributed by atoms with van der Waals surface area (Å²) in [6.45, 7) is 2.35. The number of non-ortho nitro benzene ring substituents is 1. The number of aliphatic hydroxyl groups is 1. The van der Waals surface area contributed by atoms with Crippen molar-refractivity contribution >= 4 is 22.8 Å². The molecule has 0 aliphatic heterocycles. The quantitative estimate of drug-likeness (QED) is 0.290. The van der Waals surface area contributed by atoms with Gasteiger partial charge in [0.15, 0.2) is 17.2 Å². The number of allylic oxidation sites excluding steroid dienone is 2. The van der Waals surface area contributed by atoms with Crippen LogP contribution in [0.2, 0.25) is 0 Å². The number of Topliss-reactive ketones (excluding diaryl/α,β-unsaturated/α-hetero) is 1. The average molecular weight is 294 g/mol. The van der Waals surface area contributed by atoms with Crippen LogP contribution < -0.4 is 0 Å². The Hall–Kier alpha value is -3.17. The molecule has 1 aromatic rings. The van der Waals surface area contributed by atoms with Crippen LogP contribution in [0.3, 0.4) is 0 Å². The van der Waals surface area contributed by atoms with E-state index in [0.717, 1.165) is 25.1 Å². The molecule has 0 heterocycles. The Morgan fingerprint density at radius 1 is 1.19 bits per heavy atom. The fourth-order valence-electron chi connectivity index (χ4n) is 1.36. The number of ketones is 1. The minimum atomic E-state index is -0.857. The lowest BCUT2D eigenvalue weighted by atomic mass is 10.2. The first kappa shape index (κ1) is 15.9. The molecule has 0 aliphatic carbocycles. The summed E-state index contributed by atoms with van der Waals surface area (Å²) in [6.07, 6.45) is 0. The molecule has 1 N–H and O–H groups in total. The highest BCUT2D eigenvalue weighted by atomic mass is 16.6. The molecule has 1 rings (SSSR count). The Labute approximate surface area is 117 Å². The lowest BCUT2D eigenvalue weighted by Crippen LogP contribution is -1.96. The molecule has 10 heteroatoms. The van der Waals surface area contributed by atoms with E-state index in [9.17, 15) is 30.1 Å². The maximum absolute atomic E-state index is 11.2. The monoisotopic (exact) mass is 294 g/mol. The number of benzene rings is 1. The molecule has 0 saturated carbocycles. The minimum absolute atomic E-state index is 0.273. The van der Waals surface area contributed by atoms with E-state index in [1.54, 1.807) is 0 Å². The van der Waals surface area contributed by atoms with E-state index in [4.69, 9.17) is 0 Å². The normalized spacial score (nSPS) is 12.1. The largest absolute Gasteiger partial charge is 0.510 e. The molecule has 0 fully saturated rings. The summed E-state index contributed by atoms with van der Waals surface area (Å²) in [5.74, 6) is -0.973. The maximum atomic E-state index is 11.2. The third-order valence-corrected chi connectivity index (χ3v) is 2.30. The van der Waals surface area contributed by atoms with Gasteiger partial charge >= 0.3 is 5.69 Å². The van der Waals surface area contributed by atoms with Crippen molar-refractivity contribution in [3.05, 3.63) is 49.9 Å². The van der Waals surface area contributed by atoms with Gasteiger partial charge in [-0.3, -0.25) is 25.0 Å². The molecule has 0 aromatic heterocycles. The molecular weight excluding hydrogens is 284 g/mol. The average Bonchev–Trinajstić information content (AvgIpc) is 2.37. The number of rotatable bonds is 5. The second-order valence-electron chi connectivity index (χ2n) is 3.88. The van der Waals surface area contributed by atoms with Crippen LogP contribution in [0, 0.1) is 20.2 Å². The van der Waals surface area contributed by atoms with Crippen molar-refractivity contribution in [3.63, 3.8) is 0 Å². The number of nitrogens with zero attached hydrogens (tertiary/aromatic N) is 4. The number of azo groups is 1. The van der Waals surface area contributed by atoms with Crippen molar-refractivity contribution in [3.8, 4) is 0 Å². The van der Waals surface area contributed by atoms with Gasteiger partial charge in [0.25, 0.3) is 5.69 Å². The van der Waals surface area contributed by atoms with Crippen molar-refractivity contribution in [2.45, 2.75) is 13.8 Å². The SMILES string of the molecule is CC(=O)/C(N=Nc1ccc([N+](=O)[O-])cc1[N+](=O)[O-])=C(/C)O. The van der Waals surface area contributed by atoms with Gasteiger partial charge in [-0.05, 0) is 13.0 Å². The van der Waals surface area contributed by atoms with E-state index in [2.05, 4.69) is 10.2 Å². The van der Waals surface area contributed by atoms with E-state index in [0.29, 0.717) is 0 Å². The number of hydrogen-bond donors (Lipinski definition) is 1. The zero-order valence-corrected chi connectivity index (χ0v) is 11.0. The lowest BCUT2D eigenvalue weighted by Gasteiger charge is -1.98. The van der Waals surface area contributed by atoms with E-state index in [-0.39, 0.29) is 11.4 Å². The topological polar surface area (TPSA) is 148 Å². The van der Waals surface area contributed by atoms with Crippen molar-refractivity contribution in [2.24, 2.45) is 10.2 Å². The first-order chi connectivity index (χ1) is 9.73. The fraction of sp³-hybridized carbons (Fsp3) is 0.182. The van der Waals surface area contributed by atoms with Crippen LogP contribution in [-0.2, 0) is 4.79 Å². The number of hydrogen-bond acceptors (Lipinski definition) is 8. The predicted octanol–water partition coefficient (Wildman–Crippen LogP) is 2.97. The Morgan fingerprint density at radius 3 is 2.24 bits per heavy atom. The van der Waals surface area contributed by atoms with Gasteiger partial charge in [-0.25, -0.2) is 0 Å². The number of aliphatic hydroxyl groups excluding tert-OH is 1. The van der Waals surface area contributed by atoms with Crippen LogP contribution in [0.15, 0.2) is 39.9 Å². The fourth-order valence-corrected chi connectivity index (χ4v) is 1.36. The van der Waals surface area contributed by atoms with Crippen LogP contribution >= 0.6 is 0 Å². The van der Waals surface area contributed by atoms with Gasteiger partial charge in [0.05, 0.1) is 15.9 Å². The molecule has 0 saturated heterocycles. The van der Waals surface area contributed by atoms with Crippen LogP contribution in [0.1, 0.15) is 13.8 Å².